The molecule has 4 unspecified atom stereocenters. The lowest BCUT2D eigenvalue weighted by Gasteiger charge is -1.94. The number of halogens is 7. The number of hydrogen-bond donors (Lipinski definition) is 0. The van der Waals surface area contributed by atoms with Crippen LogP contribution in [0.25, 0.3) is 0 Å². The normalized spacial score (nSPS) is 15.1. The van der Waals surface area contributed by atoms with Crippen molar-refractivity contribution in [1.82, 2.24) is 17.5 Å². The van der Waals surface area contributed by atoms with Crippen LogP contribution < -0.4 is 0 Å². The van der Waals surface area contributed by atoms with E-state index in [-0.39, 0.29) is 0 Å². The summed E-state index contributed by atoms with van der Waals surface area (Å²) in [6.45, 7) is 0. The van der Waals surface area contributed by atoms with Crippen molar-refractivity contribution in [1.29, 1.82) is 0 Å². The highest BCUT2D eigenvalue weighted by atomic mass is 31.2. The van der Waals surface area contributed by atoms with Crippen molar-refractivity contribution in [2.75, 3.05) is 0 Å². The Morgan fingerprint density at radius 3 is 2.00 bits per heavy atom. The second kappa shape index (κ2) is 4.83. The zero-order chi connectivity index (χ0) is 11.7. The summed E-state index contributed by atoms with van der Waals surface area (Å²) in [7, 11) is -16.1. The van der Waals surface area contributed by atoms with Gasteiger partial charge in [0.25, 0.3) is 0 Å². The molecule has 0 aromatic carbocycles. The summed E-state index contributed by atoms with van der Waals surface area (Å²) < 4.78 is 85.4. The molecule has 88 valence electrons. The Morgan fingerprint density at radius 2 is 1.47 bits per heavy atom. The lowest BCUT2D eigenvalue weighted by atomic mass is 13.7. The van der Waals surface area contributed by atoms with E-state index in [1.54, 1.807) is 0 Å². The van der Waals surface area contributed by atoms with Crippen molar-refractivity contribution in [3.8, 4) is 0 Å². The first-order valence-corrected chi connectivity index (χ1v) is 7.34. The average molecular weight is 313 g/mol. The molecule has 0 aliphatic heterocycles. The minimum atomic E-state index is -4.17. The summed E-state index contributed by atoms with van der Waals surface area (Å²) >= 11 is 0. The third-order valence-electron chi connectivity index (χ3n) is 0.965. The smallest absolute Gasteiger partial charge is 0.144 e. The van der Waals surface area contributed by atoms with E-state index in [1.165, 1.54) is 0 Å². The molecule has 0 N–H and O–H groups in total. The minimum Gasteiger partial charge on any atom is -0.144 e. The van der Waals surface area contributed by atoms with E-state index in [9.17, 15) is 30.2 Å². The van der Waals surface area contributed by atoms with E-state index in [0.717, 1.165) is 0 Å². The molecular weight excluding hydrogens is 313 g/mol. The second-order valence-electron chi connectivity index (χ2n) is 1.77. The molecule has 0 radical (unpaired) electrons. The standard InChI is InChI=1S/F7N4P4/c1-9-12(4)8-13(5)10(2)15(7)11(3)14(9)6/q+1. The molecular formula is F7N4P4+. The molecule has 0 aliphatic rings. The van der Waals surface area contributed by atoms with Gasteiger partial charge in [0.05, 0.1) is 0 Å². The lowest BCUT2D eigenvalue weighted by molar-refractivity contribution is 0.379. The van der Waals surface area contributed by atoms with Crippen LogP contribution in [0.2, 0.25) is 0 Å². The number of aromatic nitrogens is 4. The van der Waals surface area contributed by atoms with E-state index < -0.39 is 45.6 Å². The number of hydrogen-bond acceptors (Lipinski definition) is 1. The molecule has 4 atom stereocenters. The third-order valence-corrected chi connectivity index (χ3v) is 6.44. The molecule has 0 saturated heterocycles. The first-order valence-electron chi connectivity index (χ1n) is 2.78. The Morgan fingerprint density at radius 1 is 0.933 bits per heavy atom. The van der Waals surface area contributed by atoms with Crippen LogP contribution in [0.4, 0.5) is 30.2 Å². The molecule has 4 nitrogen and oxygen atoms in total. The van der Waals surface area contributed by atoms with Gasteiger partial charge in [-0.05, 0) is 8.63 Å². The maximum absolute atomic E-state index is 12.6. The zero-order valence-electron chi connectivity index (χ0n) is 6.22. The fourth-order valence-corrected chi connectivity index (χ4v) is 5.02. The number of nitrogens with zero attached hydrogens (tertiary/aromatic N) is 4. The molecule has 0 fully saturated rings. The van der Waals surface area contributed by atoms with Gasteiger partial charge in [0, 0.05) is 8.82 Å². The molecule has 1 aromatic rings. The van der Waals surface area contributed by atoms with Gasteiger partial charge in [-0.1, -0.05) is 26.0 Å². The van der Waals surface area contributed by atoms with Crippen LogP contribution in [0.5, 0.6) is 0 Å². The summed E-state index contributed by atoms with van der Waals surface area (Å²) in [5.74, 6) is 0. The van der Waals surface area contributed by atoms with Gasteiger partial charge in [0.1, 0.15) is 0 Å². The van der Waals surface area contributed by atoms with Gasteiger partial charge in [-0.25, -0.2) is 0 Å². The van der Waals surface area contributed by atoms with Crippen LogP contribution in [-0.2, 0) is 0 Å². The molecule has 0 spiro atoms. The monoisotopic (exact) mass is 313 g/mol. The highest BCUT2D eigenvalue weighted by Crippen LogP contribution is 2.47. The maximum atomic E-state index is 12.6. The molecule has 1 heterocycles. The predicted octanol–water partition coefficient (Wildman–Crippen LogP) is 5.09. The maximum Gasteiger partial charge on any atom is 0.408 e. The van der Waals surface area contributed by atoms with E-state index in [0.29, 0.717) is 0 Å². The van der Waals surface area contributed by atoms with Crippen molar-refractivity contribution < 1.29 is 30.2 Å². The van der Waals surface area contributed by atoms with Crippen molar-refractivity contribution in [3.63, 3.8) is 0 Å². The van der Waals surface area contributed by atoms with Gasteiger partial charge >= 0.3 is 32.6 Å². The van der Waals surface area contributed by atoms with Crippen LogP contribution in [0, 0.1) is 0 Å². The van der Waals surface area contributed by atoms with Gasteiger partial charge in [-0.15, -0.1) is 4.20 Å². The van der Waals surface area contributed by atoms with E-state index in [1.807, 2.05) is 0 Å². The Balaban J connectivity index is 3.83. The van der Waals surface area contributed by atoms with Crippen LogP contribution >= 0.6 is 32.6 Å². The average Bonchev–Trinajstić information content (AvgIpc) is 2.22. The Labute approximate surface area is 81.2 Å². The SMILES string of the molecule is Fn1p(F)n[p+](F)n(F)p(F)n(F)p1F. The van der Waals surface area contributed by atoms with Gasteiger partial charge in [-0.2, -0.15) is 0 Å². The number of rotatable bonds is 0. The van der Waals surface area contributed by atoms with Gasteiger partial charge < -0.3 is 0 Å². The summed E-state index contributed by atoms with van der Waals surface area (Å²) in [4.78, 5) is 0. The third kappa shape index (κ3) is 2.53. The van der Waals surface area contributed by atoms with Crippen molar-refractivity contribution in [2.24, 2.45) is 0 Å². The minimum absolute atomic E-state index is 1.39. The molecule has 0 amide bonds. The summed E-state index contributed by atoms with van der Waals surface area (Å²) in [5, 5.41) is 0. The fourth-order valence-electron chi connectivity index (χ4n) is 0.431. The van der Waals surface area contributed by atoms with Gasteiger partial charge in [0.2, 0.25) is 0 Å². The van der Waals surface area contributed by atoms with Crippen LogP contribution in [-0.4, -0.2) is 17.5 Å². The molecule has 0 aliphatic carbocycles. The molecule has 1 rings (SSSR count). The van der Waals surface area contributed by atoms with E-state index in [2.05, 4.69) is 4.51 Å². The van der Waals surface area contributed by atoms with Crippen molar-refractivity contribution >= 4 is 32.6 Å². The first kappa shape index (κ1) is 13.0. The zero-order valence-corrected chi connectivity index (χ0v) is 9.80. The summed E-state index contributed by atoms with van der Waals surface area (Å²) in [6, 6.07) is 0. The Kier molecular flexibility index (Phi) is 4.18. The van der Waals surface area contributed by atoms with E-state index in [4.69, 9.17) is 0 Å². The second-order valence-corrected chi connectivity index (χ2v) is 7.47. The predicted molar refractivity (Wildman–Crippen MR) is 44.2 cm³/mol. The highest BCUT2D eigenvalue weighted by Gasteiger charge is 2.24. The first-order chi connectivity index (χ1) is 6.86. The Bertz CT molecular complexity index is 409. The van der Waals surface area contributed by atoms with Crippen molar-refractivity contribution in [3.05, 3.63) is 0 Å². The van der Waals surface area contributed by atoms with Gasteiger partial charge in [0.15, 0.2) is 0 Å². The molecule has 0 saturated carbocycles. The lowest BCUT2D eigenvalue weighted by Crippen LogP contribution is -1.86. The van der Waals surface area contributed by atoms with E-state index >= 15 is 0 Å². The van der Waals surface area contributed by atoms with Crippen molar-refractivity contribution in [2.45, 2.75) is 0 Å². The topological polar surface area (TPSA) is 27.7 Å². The van der Waals surface area contributed by atoms with Crippen LogP contribution in [0.3, 0.4) is 0 Å². The molecule has 15 heavy (non-hydrogen) atoms. The Hall–Kier alpha value is -0.0900. The fraction of sp³-hybridized carbons (Fsp3) is 0. The van der Waals surface area contributed by atoms with Crippen LogP contribution in [0.1, 0.15) is 0 Å². The van der Waals surface area contributed by atoms with Crippen LogP contribution in [0.15, 0.2) is 0 Å². The molecule has 0 bridgehead atoms. The largest absolute Gasteiger partial charge is 0.408 e. The molecule has 1 aromatic heterocycles. The molecule has 15 heteroatoms. The summed E-state index contributed by atoms with van der Waals surface area (Å²) in [6.07, 6.45) is 0. The summed E-state index contributed by atoms with van der Waals surface area (Å²) in [5.41, 5.74) is 0. The quantitative estimate of drug-likeness (QED) is 0.613. The van der Waals surface area contributed by atoms with Gasteiger partial charge in [-0.3, -0.25) is 0 Å². The highest BCUT2D eigenvalue weighted by molar-refractivity contribution is 7.59.